The average molecular weight is 266 g/mol. The molecular weight excluding hydrogens is 258 g/mol. The van der Waals surface area contributed by atoms with E-state index in [0.717, 1.165) is 0 Å². The van der Waals surface area contributed by atoms with Crippen LogP contribution < -0.4 is 0 Å². The smallest absolute Gasteiger partial charge is 0.258 e. The van der Waals surface area contributed by atoms with Crippen molar-refractivity contribution in [1.29, 1.82) is 0 Å². The van der Waals surface area contributed by atoms with Crippen molar-refractivity contribution in [2.75, 3.05) is 6.54 Å². The Balaban J connectivity index is 2.98. The molecule has 0 saturated carbocycles. The zero-order valence-electron chi connectivity index (χ0n) is 9.42. The van der Waals surface area contributed by atoms with Crippen LogP contribution in [0.15, 0.2) is 11.2 Å². The van der Waals surface area contributed by atoms with Crippen LogP contribution >= 0.6 is 11.6 Å². The summed E-state index contributed by atoms with van der Waals surface area (Å²) >= 11 is 5.83. The lowest BCUT2D eigenvalue weighted by molar-refractivity contribution is -0.385. The van der Waals surface area contributed by atoms with Crippen molar-refractivity contribution in [3.05, 3.63) is 43.0 Å². The molecule has 0 aliphatic carbocycles. The topological polar surface area (TPSA) is 105 Å². The molecule has 1 aromatic rings. The molecule has 0 saturated heterocycles. The molecule has 7 nitrogen and oxygen atoms in total. The van der Waals surface area contributed by atoms with Crippen molar-refractivity contribution in [3.8, 4) is 11.8 Å². The standard InChI is InChI=1S/C10H8ClN5O2/c1-7-9(16(17)18)6-8(10(11)14-7)4-2-3-5-13-15-12/h6H,3,5H2,1H3. The molecule has 0 aliphatic heterocycles. The highest BCUT2D eigenvalue weighted by Crippen LogP contribution is 2.22. The first-order valence-electron chi connectivity index (χ1n) is 4.87. The van der Waals surface area contributed by atoms with E-state index in [1.165, 1.54) is 13.0 Å². The minimum absolute atomic E-state index is 0.120. The van der Waals surface area contributed by atoms with E-state index in [-0.39, 0.29) is 28.6 Å². The highest BCUT2D eigenvalue weighted by molar-refractivity contribution is 6.30. The summed E-state index contributed by atoms with van der Waals surface area (Å²) in [5.41, 5.74) is 8.46. The first-order valence-corrected chi connectivity index (χ1v) is 5.25. The molecule has 0 atom stereocenters. The van der Waals surface area contributed by atoms with Gasteiger partial charge in [0.25, 0.3) is 5.69 Å². The third-order valence-corrected chi connectivity index (χ3v) is 2.25. The number of aryl methyl sites for hydroxylation is 1. The van der Waals surface area contributed by atoms with Crippen LogP contribution in [-0.2, 0) is 0 Å². The maximum atomic E-state index is 10.7. The van der Waals surface area contributed by atoms with E-state index >= 15 is 0 Å². The zero-order valence-corrected chi connectivity index (χ0v) is 10.2. The first-order chi connectivity index (χ1) is 8.56. The Hall–Kier alpha value is -2.29. The van der Waals surface area contributed by atoms with Gasteiger partial charge in [0, 0.05) is 23.9 Å². The third-order valence-electron chi connectivity index (χ3n) is 1.96. The summed E-state index contributed by atoms with van der Waals surface area (Å²) in [6.45, 7) is 1.74. The molecule has 0 unspecified atom stereocenters. The number of pyridine rings is 1. The molecule has 18 heavy (non-hydrogen) atoms. The summed E-state index contributed by atoms with van der Waals surface area (Å²) in [4.78, 5) is 16.6. The molecule has 0 aliphatic rings. The molecular formula is C10H8ClN5O2. The summed E-state index contributed by atoms with van der Waals surface area (Å²) in [6.07, 6.45) is 0.349. The molecule has 0 amide bonds. The highest BCUT2D eigenvalue weighted by Gasteiger charge is 2.14. The van der Waals surface area contributed by atoms with E-state index in [1.807, 2.05) is 0 Å². The fraction of sp³-hybridized carbons (Fsp3) is 0.300. The Bertz CT molecular complexity index is 584. The third kappa shape index (κ3) is 3.63. The van der Waals surface area contributed by atoms with E-state index < -0.39 is 4.92 Å². The molecule has 0 radical (unpaired) electrons. The quantitative estimate of drug-likeness (QED) is 0.123. The number of aromatic nitrogens is 1. The first kappa shape index (κ1) is 13.8. The van der Waals surface area contributed by atoms with Crippen LogP contribution in [0.25, 0.3) is 10.4 Å². The van der Waals surface area contributed by atoms with Crippen LogP contribution in [0.1, 0.15) is 17.7 Å². The van der Waals surface area contributed by atoms with Crippen molar-refractivity contribution < 1.29 is 4.92 Å². The van der Waals surface area contributed by atoms with Crippen LogP contribution in [0.4, 0.5) is 5.69 Å². The summed E-state index contributed by atoms with van der Waals surface area (Å²) in [5.74, 6) is 5.36. The van der Waals surface area contributed by atoms with Crippen molar-refractivity contribution in [2.45, 2.75) is 13.3 Å². The Morgan fingerprint density at radius 1 is 1.72 bits per heavy atom. The molecule has 0 bridgehead atoms. The number of nitro groups is 1. The Morgan fingerprint density at radius 2 is 2.44 bits per heavy atom. The lowest BCUT2D eigenvalue weighted by atomic mass is 10.2. The zero-order chi connectivity index (χ0) is 13.5. The van der Waals surface area contributed by atoms with Gasteiger partial charge in [-0.1, -0.05) is 28.6 Å². The predicted molar refractivity (Wildman–Crippen MR) is 66.1 cm³/mol. The van der Waals surface area contributed by atoms with Crippen molar-refractivity contribution in [2.24, 2.45) is 5.11 Å². The summed E-state index contributed by atoms with van der Waals surface area (Å²) in [6, 6.07) is 1.28. The van der Waals surface area contributed by atoms with Crippen LogP contribution in [0.3, 0.4) is 0 Å². The fourth-order valence-corrected chi connectivity index (χ4v) is 1.37. The Labute approximate surface area is 108 Å². The minimum atomic E-state index is -0.538. The fourth-order valence-electron chi connectivity index (χ4n) is 1.15. The molecule has 0 N–H and O–H groups in total. The Morgan fingerprint density at radius 3 is 3.06 bits per heavy atom. The highest BCUT2D eigenvalue weighted by atomic mass is 35.5. The summed E-state index contributed by atoms with van der Waals surface area (Å²) < 4.78 is 0. The molecule has 8 heteroatoms. The van der Waals surface area contributed by atoms with Gasteiger partial charge in [-0.25, -0.2) is 4.98 Å². The van der Waals surface area contributed by atoms with Gasteiger partial charge in [-0.2, -0.15) is 0 Å². The van der Waals surface area contributed by atoms with Crippen molar-refractivity contribution in [3.63, 3.8) is 0 Å². The van der Waals surface area contributed by atoms with Crippen LogP contribution in [0, 0.1) is 28.9 Å². The number of hydrogen-bond acceptors (Lipinski definition) is 4. The monoisotopic (exact) mass is 265 g/mol. The van der Waals surface area contributed by atoms with E-state index in [1.54, 1.807) is 0 Å². The number of nitrogens with zero attached hydrogens (tertiary/aromatic N) is 5. The van der Waals surface area contributed by atoms with Crippen LogP contribution in [0.2, 0.25) is 5.15 Å². The second kappa shape index (κ2) is 6.45. The van der Waals surface area contributed by atoms with Gasteiger partial charge < -0.3 is 0 Å². The van der Waals surface area contributed by atoms with E-state index in [9.17, 15) is 10.1 Å². The normalized spacial score (nSPS) is 9.00. The minimum Gasteiger partial charge on any atom is -0.258 e. The lowest BCUT2D eigenvalue weighted by Crippen LogP contribution is -1.96. The van der Waals surface area contributed by atoms with Crippen LogP contribution in [0.5, 0.6) is 0 Å². The second-order valence-corrected chi connectivity index (χ2v) is 3.55. The van der Waals surface area contributed by atoms with Gasteiger partial charge in [0.2, 0.25) is 0 Å². The van der Waals surface area contributed by atoms with Gasteiger partial charge >= 0.3 is 0 Å². The Kier molecular flexibility index (Phi) is 4.93. The number of hydrogen-bond donors (Lipinski definition) is 0. The van der Waals surface area contributed by atoms with Crippen molar-refractivity contribution in [1.82, 2.24) is 4.98 Å². The SMILES string of the molecule is Cc1nc(Cl)c(C#CCCN=[N+]=[N-])cc1[N+](=O)[O-]. The van der Waals surface area contributed by atoms with Gasteiger partial charge in [-0.05, 0) is 12.5 Å². The molecule has 0 fully saturated rings. The van der Waals surface area contributed by atoms with Crippen LogP contribution in [-0.4, -0.2) is 16.5 Å². The molecule has 0 aromatic carbocycles. The van der Waals surface area contributed by atoms with E-state index in [0.29, 0.717) is 6.42 Å². The van der Waals surface area contributed by atoms with Crippen molar-refractivity contribution >= 4 is 17.3 Å². The summed E-state index contributed by atoms with van der Waals surface area (Å²) in [5, 5.41) is 14.1. The molecule has 1 aromatic heterocycles. The predicted octanol–water partition coefficient (Wildman–Crippen LogP) is 3.00. The molecule has 1 rings (SSSR count). The van der Waals surface area contributed by atoms with Gasteiger partial charge in [-0.3, -0.25) is 10.1 Å². The number of azide groups is 1. The molecule has 92 valence electrons. The summed E-state index contributed by atoms with van der Waals surface area (Å²) in [7, 11) is 0. The van der Waals surface area contributed by atoms with Gasteiger partial charge in [0.05, 0.1) is 10.5 Å². The average Bonchev–Trinajstić information content (AvgIpc) is 2.30. The van der Waals surface area contributed by atoms with E-state index in [4.69, 9.17) is 17.1 Å². The molecule has 1 heterocycles. The lowest BCUT2D eigenvalue weighted by Gasteiger charge is -1.99. The number of halogens is 1. The second-order valence-electron chi connectivity index (χ2n) is 3.19. The number of rotatable bonds is 3. The largest absolute Gasteiger partial charge is 0.291 e. The maximum Gasteiger partial charge on any atom is 0.291 e. The van der Waals surface area contributed by atoms with Gasteiger partial charge in [0.15, 0.2) is 0 Å². The molecule has 0 spiro atoms. The van der Waals surface area contributed by atoms with Gasteiger partial charge in [0.1, 0.15) is 10.8 Å². The van der Waals surface area contributed by atoms with E-state index in [2.05, 4.69) is 26.9 Å². The maximum absolute atomic E-state index is 10.7. The van der Waals surface area contributed by atoms with Gasteiger partial charge in [-0.15, -0.1) is 0 Å².